The van der Waals surface area contributed by atoms with Gasteiger partial charge in [0, 0.05) is 6.54 Å². The third kappa shape index (κ3) is 4.68. The van der Waals surface area contributed by atoms with Crippen LogP contribution in [0.4, 0.5) is 0 Å². The van der Waals surface area contributed by atoms with Gasteiger partial charge >= 0.3 is 0 Å². The molecule has 122 valence electrons. The lowest BCUT2D eigenvalue weighted by Gasteiger charge is -2.26. The van der Waals surface area contributed by atoms with Crippen molar-refractivity contribution >= 4 is 5.91 Å². The quantitative estimate of drug-likeness (QED) is 0.749. The van der Waals surface area contributed by atoms with Gasteiger partial charge in [0.25, 0.3) is 0 Å². The highest BCUT2D eigenvalue weighted by molar-refractivity contribution is 5.84. The molecule has 2 atom stereocenters. The predicted octanol–water partition coefficient (Wildman–Crippen LogP) is 2.92. The molecule has 4 heteroatoms. The number of ether oxygens (including phenoxy) is 1. The van der Waals surface area contributed by atoms with Crippen molar-refractivity contribution in [2.75, 3.05) is 13.2 Å². The summed E-state index contributed by atoms with van der Waals surface area (Å²) in [6.45, 7) is 7.99. The molecular weight excluding hydrogens is 264 g/mol. The Balaban J connectivity index is 1.84. The topological polar surface area (TPSA) is 41.6 Å². The van der Waals surface area contributed by atoms with Gasteiger partial charge in [-0.15, -0.1) is 0 Å². The lowest BCUT2D eigenvalue weighted by molar-refractivity contribution is -0.131. The van der Waals surface area contributed by atoms with E-state index in [4.69, 9.17) is 4.74 Å². The van der Waals surface area contributed by atoms with E-state index in [9.17, 15) is 4.79 Å². The zero-order chi connectivity index (χ0) is 15.2. The molecule has 2 rings (SSSR count). The van der Waals surface area contributed by atoms with Gasteiger partial charge in [-0.2, -0.15) is 0 Å². The summed E-state index contributed by atoms with van der Waals surface area (Å²) in [7, 11) is 0. The maximum absolute atomic E-state index is 12.5. The van der Waals surface area contributed by atoms with Crippen LogP contribution in [0.2, 0.25) is 0 Å². The molecule has 0 aromatic heterocycles. The van der Waals surface area contributed by atoms with Crippen molar-refractivity contribution in [3.05, 3.63) is 0 Å². The van der Waals surface area contributed by atoms with Gasteiger partial charge < -0.3 is 9.64 Å². The Kier molecular flexibility index (Phi) is 6.49. The number of hydrogen-bond acceptors (Lipinski definition) is 3. The largest absolute Gasteiger partial charge is 0.376 e. The van der Waals surface area contributed by atoms with Gasteiger partial charge in [0.1, 0.15) is 0 Å². The average Bonchev–Trinajstić information content (AvgIpc) is 3.02. The van der Waals surface area contributed by atoms with Crippen LogP contribution in [-0.4, -0.2) is 42.3 Å². The second-order valence-corrected chi connectivity index (χ2v) is 6.96. The summed E-state index contributed by atoms with van der Waals surface area (Å²) in [6.07, 6.45) is 8.62. The summed E-state index contributed by atoms with van der Waals surface area (Å²) < 4.78 is 5.94. The molecule has 0 aromatic rings. The number of hydrogen-bond donors (Lipinski definition) is 1. The highest BCUT2D eigenvalue weighted by Gasteiger charge is 2.37. The van der Waals surface area contributed by atoms with E-state index in [2.05, 4.69) is 26.1 Å². The van der Waals surface area contributed by atoms with Gasteiger partial charge in [0.15, 0.2) is 0 Å². The van der Waals surface area contributed by atoms with Gasteiger partial charge in [-0.05, 0) is 31.6 Å². The first kappa shape index (κ1) is 16.8. The molecule has 1 N–H and O–H groups in total. The molecule has 1 aliphatic heterocycles. The van der Waals surface area contributed by atoms with Crippen molar-refractivity contribution < 1.29 is 9.53 Å². The summed E-state index contributed by atoms with van der Waals surface area (Å²) >= 11 is 0. The molecular formula is C17H32N2O2. The number of amides is 1. The fourth-order valence-corrected chi connectivity index (χ4v) is 3.52. The number of nitrogens with zero attached hydrogens (tertiary/aromatic N) is 1. The summed E-state index contributed by atoms with van der Waals surface area (Å²) in [5, 5.41) is 3.52. The minimum absolute atomic E-state index is 0.0187. The van der Waals surface area contributed by atoms with E-state index in [0.717, 1.165) is 25.8 Å². The first-order valence-corrected chi connectivity index (χ1v) is 8.80. The molecule has 2 unspecified atom stereocenters. The van der Waals surface area contributed by atoms with E-state index >= 15 is 0 Å². The van der Waals surface area contributed by atoms with Gasteiger partial charge in [-0.3, -0.25) is 10.1 Å². The molecule has 0 aromatic carbocycles. The van der Waals surface area contributed by atoms with Crippen LogP contribution in [0.3, 0.4) is 0 Å². The van der Waals surface area contributed by atoms with Crippen LogP contribution in [-0.2, 0) is 9.53 Å². The molecule has 0 radical (unpaired) electrons. The molecule has 2 fully saturated rings. The van der Waals surface area contributed by atoms with Crippen LogP contribution in [0.15, 0.2) is 0 Å². The molecule has 0 bridgehead atoms. The van der Waals surface area contributed by atoms with Gasteiger partial charge in [-0.25, -0.2) is 0 Å². The van der Waals surface area contributed by atoms with Crippen molar-refractivity contribution in [2.24, 2.45) is 5.92 Å². The Bertz CT molecular complexity index is 327. The normalized spacial score (nSPS) is 27.2. The summed E-state index contributed by atoms with van der Waals surface area (Å²) in [6, 6.07) is 0.0187. The van der Waals surface area contributed by atoms with Crippen molar-refractivity contribution in [2.45, 2.75) is 84.0 Å². The van der Waals surface area contributed by atoms with Crippen molar-refractivity contribution in [3.8, 4) is 0 Å². The Morgan fingerprint density at radius 2 is 2.05 bits per heavy atom. The van der Waals surface area contributed by atoms with Crippen LogP contribution >= 0.6 is 0 Å². The minimum atomic E-state index is 0.0187. The van der Waals surface area contributed by atoms with Crippen LogP contribution in [0.1, 0.15) is 65.7 Å². The first-order valence-electron chi connectivity index (χ1n) is 8.80. The molecule has 21 heavy (non-hydrogen) atoms. The van der Waals surface area contributed by atoms with E-state index in [-0.39, 0.29) is 18.1 Å². The Morgan fingerprint density at radius 1 is 1.33 bits per heavy atom. The maximum atomic E-state index is 12.5. The van der Waals surface area contributed by atoms with Crippen LogP contribution < -0.4 is 5.32 Å². The average molecular weight is 296 g/mol. The van der Waals surface area contributed by atoms with Crippen LogP contribution in [0.25, 0.3) is 0 Å². The highest BCUT2D eigenvalue weighted by atomic mass is 16.5. The summed E-state index contributed by atoms with van der Waals surface area (Å²) in [5.74, 6) is 0.867. The van der Waals surface area contributed by atoms with Gasteiger partial charge in [0.05, 0.1) is 24.9 Å². The lowest BCUT2D eigenvalue weighted by Crippen LogP contribution is -2.40. The van der Waals surface area contributed by atoms with E-state index in [1.54, 1.807) is 0 Å². The van der Waals surface area contributed by atoms with E-state index < -0.39 is 0 Å². The second-order valence-electron chi connectivity index (χ2n) is 6.96. The molecule has 2 aliphatic rings. The maximum Gasteiger partial charge on any atom is 0.241 e. The predicted molar refractivity (Wildman–Crippen MR) is 85.0 cm³/mol. The minimum Gasteiger partial charge on any atom is -0.376 e. The number of nitrogens with one attached hydrogen (secondary N) is 1. The number of rotatable bonds is 8. The van der Waals surface area contributed by atoms with Gasteiger partial charge in [-0.1, -0.05) is 40.0 Å². The molecule has 1 heterocycles. The summed E-state index contributed by atoms with van der Waals surface area (Å²) in [4.78, 5) is 14.5. The third-order valence-corrected chi connectivity index (χ3v) is 4.61. The zero-order valence-electron chi connectivity index (χ0n) is 13.9. The lowest BCUT2D eigenvalue weighted by atomic mass is 10.1. The molecule has 4 nitrogen and oxygen atoms in total. The summed E-state index contributed by atoms with van der Waals surface area (Å²) in [5.41, 5.74) is 0. The van der Waals surface area contributed by atoms with Crippen LogP contribution in [0.5, 0.6) is 0 Å². The molecule has 1 amide bonds. The Hall–Kier alpha value is -0.610. The number of carbonyl (C=O) groups is 1. The van der Waals surface area contributed by atoms with E-state index in [1.807, 2.05) is 4.90 Å². The smallest absolute Gasteiger partial charge is 0.241 e. The highest BCUT2D eigenvalue weighted by Crippen LogP contribution is 2.22. The molecule has 0 spiro atoms. The molecule has 1 aliphatic carbocycles. The van der Waals surface area contributed by atoms with Crippen molar-refractivity contribution in [1.82, 2.24) is 10.2 Å². The Morgan fingerprint density at radius 3 is 2.67 bits per heavy atom. The monoisotopic (exact) mass is 296 g/mol. The zero-order valence-corrected chi connectivity index (χ0v) is 13.9. The van der Waals surface area contributed by atoms with E-state index in [1.165, 1.54) is 25.7 Å². The second kappa shape index (κ2) is 8.14. The molecule has 1 saturated carbocycles. The fraction of sp³-hybridized carbons (Fsp3) is 0.941. The van der Waals surface area contributed by atoms with Crippen molar-refractivity contribution in [1.29, 1.82) is 0 Å². The first-order chi connectivity index (χ1) is 10.1. The number of carbonyl (C=O) groups excluding carboxylic acids is 1. The van der Waals surface area contributed by atoms with Crippen LogP contribution in [0, 0.1) is 5.92 Å². The fourth-order valence-electron chi connectivity index (χ4n) is 3.52. The Labute approximate surface area is 129 Å². The standard InChI is InChI=1S/C17H32N2O2/c1-4-7-15-17(20)19(16(18-15)12-13(2)3)10-11-21-14-8-5-6-9-14/h13-16,18H,4-12H2,1-3H3. The third-order valence-electron chi connectivity index (χ3n) is 4.61. The van der Waals surface area contributed by atoms with Crippen molar-refractivity contribution in [3.63, 3.8) is 0 Å². The molecule has 1 saturated heterocycles. The SMILES string of the molecule is CCCC1NC(CC(C)C)N(CCOC2CCCC2)C1=O. The van der Waals surface area contributed by atoms with E-state index in [0.29, 0.717) is 18.6 Å². The van der Waals surface area contributed by atoms with Gasteiger partial charge in [0.2, 0.25) is 5.91 Å².